The van der Waals surface area contributed by atoms with Gasteiger partial charge in [-0.3, -0.25) is 24.5 Å². The third kappa shape index (κ3) is 3.71. The van der Waals surface area contributed by atoms with E-state index in [9.17, 15) is 19.2 Å². The molecule has 0 spiro atoms. The Labute approximate surface area is 179 Å². The van der Waals surface area contributed by atoms with Crippen LogP contribution in [0.15, 0.2) is 48.5 Å². The summed E-state index contributed by atoms with van der Waals surface area (Å²) < 4.78 is 0. The number of nitrogens with zero attached hydrogens (tertiary/aromatic N) is 1. The van der Waals surface area contributed by atoms with E-state index in [1.54, 1.807) is 6.07 Å². The minimum atomic E-state index is -0.620. The maximum atomic E-state index is 12.8. The fourth-order valence-corrected chi connectivity index (χ4v) is 4.61. The average Bonchev–Trinajstić information content (AvgIpc) is 3.51. The van der Waals surface area contributed by atoms with E-state index in [1.807, 2.05) is 30.3 Å². The molecule has 0 bridgehead atoms. The van der Waals surface area contributed by atoms with Crippen molar-refractivity contribution >= 4 is 23.6 Å². The molecule has 2 heterocycles. The second-order valence-electron chi connectivity index (χ2n) is 8.47. The van der Waals surface area contributed by atoms with Crippen molar-refractivity contribution in [2.24, 2.45) is 5.92 Å². The summed E-state index contributed by atoms with van der Waals surface area (Å²) in [5.41, 5.74) is 3.54. The smallest absolute Gasteiger partial charge is 0.255 e. The van der Waals surface area contributed by atoms with Crippen LogP contribution in [0.4, 0.5) is 0 Å². The lowest BCUT2D eigenvalue weighted by Crippen LogP contribution is -2.52. The third-order valence-electron chi connectivity index (χ3n) is 6.41. The van der Waals surface area contributed by atoms with Gasteiger partial charge in [0.2, 0.25) is 17.7 Å². The average molecular weight is 417 g/mol. The van der Waals surface area contributed by atoms with Crippen molar-refractivity contribution in [2.75, 3.05) is 0 Å². The molecular formula is C24H23N3O4. The molecule has 2 aromatic rings. The lowest BCUT2D eigenvalue weighted by atomic mass is 10.0. The first kappa shape index (κ1) is 19.5. The van der Waals surface area contributed by atoms with Gasteiger partial charge in [-0.05, 0) is 41.5 Å². The number of hydrogen-bond donors (Lipinski definition) is 2. The maximum Gasteiger partial charge on any atom is 0.255 e. The van der Waals surface area contributed by atoms with Crippen LogP contribution in [0.3, 0.4) is 0 Å². The highest BCUT2D eigenvalue weighted by Crippen LogP contribution is 2.47. The summed E-state index contributed by atoms with van der Waals surface area (Å²) in [6, 6.07) is 15.0. The minimum absolute atomic E-state index is 0.0152. The van der Waals surface area contributed by atoms with Crippen LogP contribution < -0.4 is 10.6 Å². The zero-order valence-corrected chi connectivity index (χ0v) is 17.0. The highest BCUT2D eigenvalue weighted by Gasteiger charge is 2.43. The number of fused-ring (bicyclic) bond motifs is 1. The normalized spacial score (nSPS) is 24.6. The van der Waals surface area contributed by atoms with Crippen LogP contribution in [0, 0.1) is 5.92 Å². The third-order valence-corrected chi connectivity index (χ3v) is 6.41. The van der Waals surface area contributed by atoms with Crippen molar-refractivity contribution in [3.8, 4) is 0 Å². The number of carbonyl (C=O) groups is 4. The Bertz CT molecular complexity index is 1080. The van der Waals surface area contributed by atoms with Gasteiger partial charge in [-0.15, -0.1) is 0 Å². The lowest BCUT2D eigenvalue weighted by molar-refractivity contribution is -0.137. The van der Waals surface area contributed by atoms with Gasteiger partial charge in [0.25, 0.3) is 5.91 Å². The first-order valence-electron chi connectivity index (χ1n) is 10.6. The molecule has 1 aliphatic carbocycles. The molecule has 3 aliphatic rings. The molecule has 1 unspecified atom stereocenters. The summed E-state index contributed by atoms with van der Waals surface area (Å²) in [5.74, 6) is -0.544. The number of imide groups is 1. The highest BCUT2D eigenvalue weighted by atomic mass is 16.2. The molecule has 4 amide bonds. The molecule has 3 atom stereocenters. The summed E-state index contributed by atoms with van der Waals surface area (Å²) in [6.07, 6.45) is 1.45. The van der Waals surface area contributed by atoms with Crippen molar-refractivity contribution in [1.29, 1.82) is 0 Å². The zero-order chi connectivity index (χ0) is 21.5. The molecule has 2 aliphatic heterocycles. The maximum absolute atomic E-state index is 12.8. The molecule has 0 aromatic heterocycles. The van der Waals surface area contributed by atoms with Crippen LogP contribution in [0.5, 0.6) is 0 Å². The van der Waals surface area contributed by atoms with E-state index in [0.717, 1.165) is 17.5 Å². The fraction of sp³-hybridized carbons (Fsp3) is 0.333. The second kappa shape index (κ2) is 7.65. The van der Waals surface area contributed by atoms with E-state index in [0.29, 0.717) is 31.0 Å². The van der Waals surface area contributed by atoms with Crippen molar-refractivity contribution in [2.45, 2.75) is 44.3 Å². The van der Waals surface area contributed by atoms with Crippen LogP contribution >= 0.6 is 0 Å². The van der Waals surface area contributed by atoms with E-state index in [1.165, 1.54) is 10.5 Å². The van der Waals surface area contributed by atoms with Crippen molar-refractivity contribution < 1.29 is 19.2 Å². The topological polar surface area (TPSA) is 95.6 Å². The van der Waals surface area contributed by atoms with Gasteiger partial charge in [-0.2, -0.15) is 0 Å². The van der Waals surface area contributed by atoms with Crippen molar-refractivity contribution in [3.63, 3.8) is 0 Å². The van der Waals surface area contributed by atoms with Crippen LogP contribution in [0.25, 0.3) is 0 Å². The number of benzene rings is 2. The Balaban J connectivity index is 1.20. The molecule has 158 valence electrons. The molecule has 2 aromatic carbocycles. The molecule has 31 heavy (non-hydrogen) atoms. The van der Waals surface area contributed by atoms with Gasteiger partial charge in [0.05, 0.1) is 0 Å². The Morgan fingerprint density at radius 1 is 1.10 bits per heavy atom. The van der Waals surface area contributed by atoms with Gasteiger partial charge in [-0.1, -0.05) is 42.5 Å². The Hall–Kier alpha value is -3.48. The quantitative estimate of drug-likeness (QED) is 0.726. The van der Waals surface area contributed by atoms with Crippen LogP contribution in [0.2, 0.25) is 0 Å². The summed E-state index contributed by atoms with van der Waals surface area (Å²) >= 11 is 0. The van der Waals surface area contributed by atoms with E-state index in [2.05, 4.69) is 22.8 Å². The van der Waals surface area contributed by atoms with Crippen LogP contribution in [-0.2, 0) is 27.5 Å². The van der Waals surface area contributed by atoms with E-state index in [-0.39, 0.29) is 30.1 Å². The second-order valence-corrected chi connectivity index (χ2v) is 8.47. The van der Waals surface area contributed by atoms with Crippen molar-refractivity contribution in [3.05, 3.63) is 70.8 Å². The molecular weight excluding hydrogens is 394 g/mol. The van der Waals surface area contributed by atoms with Gasteiger partial charge >= 0.3 is 0 Å². The Morgan fingerprint density at radius 2 is 1.90 bits per heavy atom. The van der Waals surface area contributed by atoms with E-state index < -0.39 is 11.9 Å². The van der Waals surface area contributed by atoms with Gasteiger partial charge in [0.15, 0.2) is 0 Å². The summed E-state index contributed by atoms with van der Waals surface area (Å²) in [4.78, 5) is 50.4. The number of amides is 4. The molecule has 1 saturated carbocycles. The molecule has 7 heteroatoms. The predicted octanol–water partition coefficient (Wildman–Crippen LogP) is 1.87. The minimum Gasteiger partial charge on any atom is -0.352 e. The Morgan fingerprint density at radius 3 is 2.68 bits per heavy atom. The molecule has 2 N–H and O–H groups in total. The molecule has 0 radical (unpaired) electrons. The number of rotatable bonds is 5. The monoisotopic (exact) mass is 417 g/mol. The SMILES string of the molecule is O=C1CCC(N2Cc3cc(CNC(=O)[C@@H]4C[C@@H]4c4ccccc4)ccc3C2=O)C(=O)N1. The van der Waals surface area contributed by atoms with Gasteiger partial charge in [0, 0.05) is 31.0 Å². The summed E-state index contributed by atoms with van der Waals surface area (Å²) in [7, 11) is 0. The van der Waals surface area contributed by atoms with E-state index >= 15 is 0 Å². The fourth-order valence-electron chi connectivity index (χ4n) is 4.61. The first-order valence-corrected chi connectivity index (χ1v) is 10.6. The summed E-state index contributed by atoms with van der Waals surface area (Å²) in [5, 5.41) is 5.32. The van der Waals surface area contributed by atoms with Gasteiger partial charge in [-0.25, -0.2) is 0 Å². The largest absolute Gasteiger partial charge is 0.352 e. The summed E-state index contributed by atoms with van der Waals surface area (Å²) in [6.45, 7) is 0.734. The standard InChI is InChI=1S/C24H23N3O4/c28-21-9-8-20(23(30)26-21)27-13-16-10-14(6-7-17(16)24(27)31)12-25-22(29)19-11-18(19)15-4-2-1-3-5-15/h1-7,10,18-20H,8-9,11-13H2,(H,25,29)(H,26,28,30)/t18-,19-,20?/m1/s1. The molecule has 1 saturated heterocycles. The number of nitrogens with one attached hydrogen (secondary N) is 2. The zero-order valence-electron chi connectivity index (χ0n) is 17.0. The van der Waals surface area contributed by atoms with Crippen LogP contribution in [-0.4, -0.2) is 34.6 Å². The molecule has 2 fully saturated rings. The van der Waals surface area contributed by atoms with Gasteiger partial charge < -0.3 is 10.2 Å². The Kier molecular flexibility index (Phi) is 4.81. The number of piperidine rings is 1. The molecule has 5 rings (SSSR count). The number of carbonyl (C=O) groups excluding carboxylic acids is 4. The predicted molar refractivity (Wildman–Crippen MR) is 112 cm³/mol. The van der Waals surface area contributed by atoms with Gasteiger partial charge in [0.1, 0.15) is 6.04 Å². The van der Waals surface area contributed by atoms with Crippen LogP contribution in [0.1, 0.15) is 52.2 Å². The number of hydrogen-bond acceptors (Lipinski definition) is 4. The van der Waals surface area contributed by atoms with E-state index in [4.69, 9.17) is 0 Å². The lowest BCUT2D eigenvalue weighted by Gasteiger charge is -2.29. The van der Waals surface area contributed by atoms with Crippen molar-refractivity contribution in [1.82, 2.24) is 15.5 Å². The highest BCUT2D eigenvalue weighted by molar-refractivity contribution is 6.05. The molecule has 7 nitrogen and oxygen atoms in total. The first-order chi connectivity index (χ1) is 15.0.